The van der Waals surface area contributed by atoms with E-state index < -0.39 is 5.97 Å². The van der Waals surface area contributed by atoms with Crippen LogP contribution in [0.4, 0.5) is 5.69 Å². The number of halogens is 1. The lowest BCUT2D eigenvalue weighted by molar-refractivity contribution is 0.0680. The van der Waals surface area contributed by atoms with Crippen LogP contribution in [0.5, 0.6) is 0 Å². The van der Waals surface area contributed by atoms with E-state index in [9.17, 15) is 4.79 Å². The van der Waals surface area contributed by atoms with Crippen molar-refractivity contribution in [2.24, 2.45) is 0 Å². The molecule has 2 aromatic rings. The molecule has 1 heterocycles. The lowest BCUT2D eigenvalue weighted by atomic mass is 10.3. The van der Waals surface area contributed by atoms with E-state index in [1.54, 1.807) is 18.2 Å². The van der Waals surface area contributed by atoms with Crippen LogP contribution in [0.25, 0.3) is 0 Å². The molecule has 1 aromatic heterocycles. The van der Waals surface area contributed by atoms with Crippen LogP contribution in [0.1, 0.15) is 16.5 Å². The quantitative estimate of drug-likeness (QED) is 0.867. The molecule has 88 valence electrons. The lowest BCUT2D eigenvalue weighted by Gasteiger charge is -2.02. The number of hydrogen-bond acceptors (Lipinski definition) is 5. The summed E-state index contributed by atoms with van der Waals surface area (Å²) in [6.07, 6.45) is 0. The van der Waals surface area contributed by atoms with E-state index in [0.717, 1.165) is 5.69 Å². The molecule has 2 N–H and O–H groups in total. The van der Waals surface area contributed by atoms with Gasteiger partial charge >= 0.3 is 5.97 Å². The van der Waals surface area contributed by atoms with E-state index in [1.165, 1.54) is 0 Å². The normalized spacial score (nSPS) is 10.2. The monoisotopic (exact) mass is 253 g/mol. The largest absolute Gasteiger partial charge is 0.475 e. The Morgan fingerprint density at radius 1 is 1.53 bits per heavy atom. The Labute approximate surface area is 101 Å². The van der Waals surface area contributed by atoms with E-state index >= 15 is 0 Å². The Kier molecular flexibility index (Phi) is 3.24. The fraction of sp³-hybridized carbons (Fsp3) is 0.100. The third kappa shape index (κ3) is 2.94. The lowest BCUT2D eigenvalue weighted by Crippen LogP contribution is -2.02. The molecular formula is C10H8ClN3O3. The zero-order valence-corrected chi connectivity index (χ0v) is 9.31. The Bertz CT molecular complexity index is 541. The standard InChI is InChI=1S/C10H8ClN3O3/c11-6-2-1-3-7(4-6)12-5-8-13-9(10(15)16)14-17-8/h1-4,12H,5H2,(H,15,16). The molecule has 0 radical (unpaired) electrons. The summed E-state index contributed by atoms with van der Waals surface area (Å²) in [6, 6.07) is 7.10. The maximum Gasteiger partial charge on any atom is 0.377 e. The van der Waals surface area contributed by atoms with Crippen molar-refractivity contribution >= 4 is 23.3 Å². The van der Waals surface area contributed by atoms with E-state index in [0.29, 0.717) is 5.02 Å². The van der Waals surface area contributed by atoms with Gasteiger partial charge in [0.25, 0.3) is 5.82 Å². The topological polar surface area (TPSA) is 88.2 Å². The fourth-order valence-electron chi connectivity index (χ4n) is 1.19. The molecule has 7 heteroatoms. The van der Waals surface area contributed by atoms with Gasteiger partial charge in [0.2, 0.25) is 5.89 Å². The molecule has 0 aliphatic rings. The van der Waals surface area contributed by atoms with Crippen molar-refractivity contribution in [2.75, 3.05) is 5.32 Å². The summed E-state index contributed by atoms with van der Waals surface area (Å²) in [7, 11) is 0. The minimum atomic E-state index is -1.22. The highest BCUT2D eigenvalue weighted by Crippen LogP contribution is 2.15. The molecule has 0 atom stereocenters. The summed E-state index contributed by atoms with van der Waals surface area (Å²) in [5, 5.41) is 15.5. The summed E-state index contributed by atoms with van der Waals surface area (Å²) in [5.74, 6) is -1.38. The van der Waals surface area contributed by atoms with E-state index in [4.69, 9.17) is 21.2 Å². The first-order valence-corrected chi connectivity index (χ1v) is 5.08. The maximum atomic E-state index is 10.5. The van der Waals surface area contributed by atoms with Crippen molar-refractivity contribution in [3.63, 3.8) is 0 Å². The van der Waals surface area contributed by atoms with Crippen LogP contribution in [-0.4, -0.2) is 21.2 Å². The second-order valence-electron chi connectivity index (χ2n) is 3.18. The Balaban J connectivity index is 2.00. The van der Waals surface area contributed by atoms with Gasteiger partial charge in [-0.25, -0.2) is 4.79 Å². The molecule has 0 saturated heterocycles. The van der Waals surface area contributed by atoms with Crippen LogP contribution in [0.2, 0.25) is 5.02 Å². The molecule has 0 fully saturated rings. The molecule has 0 aliphatic carbocycles. The number of benzene rings is 1. The molecule has 1 aromatic carbocycles. The molecular weight excluding hydrogens is 246 g/mol. The number of nitrogens with zero attached hydrogens (tertiary/aromatic N) is 2. The van der Waals surface area contributed by atoms with Gasteiger partial charge < -0.3 is 14.9 Å². The number of carbonyl (C=O) groups is 1. The van der Waals surface area contributed by atoms with Crippen molar-refractivity contribution in [1.29, 1.82) is 0 Å². The highest BCUT2D eigenvalue weighted by atomic mass is 35.5. The molecule has 0 unspecified atom stereocenters. The summed E-state index contributed by atoms with van der Waals surface area (Å²) in [5.41, 5.74) is 0.785. The van der Waals surface area contributed by atoms with Gasteiger partial charge in [-0.1, -0.05) is 17.7 Å². The van der Waals surface area contributed by atoms with Gasteiger partial charge in [-0.05, 0) is 23.4 Å². The van der Waals surface area contributed by atoms with Gasteiger partial charge in [0.1, 0.15) is 0 Å². The van der Waals surface area contributed by atoms with E-state index in [2.05, 4.69) is 15.5 Å². The average molecular weight is 254 g/mol. The fourth-order valence-corrected chi connectivity index (χ4v) is 1.38. The molecule has 0 bridgehead atoms. The Morgan fingerprint density at radius 2 is 2.35 bits per heavy atom. The first kappa shape index (κ1) is 11.4. The number of carboxylic acid groups (broad SMARTS) is 1. The number of aromatic carboxylic acids is 1. The molecule has 0 spiro atoms. The molecule has 6 nitrogen and oxygen atoms in total. The maximum absolute atomic E-state index is 10.5. The van der Waals surface area contributed by atoms with E-state index in [1.807, 2.05) is 6.07 Å². The van der Waals surface area contributed by atoms with Crippen molar-refractivity contribution in [2.45, 2.75) is 6.54 Å². The number of aromatic nitrogens is 2. The van der Waals surface area contributed by atoms with Gasteiger partial charge in [0, 0.05) is 10.7 Å². The zero-order valence-electron chi connectivity index (χ0n) is 8.55. The van der Waals surface area contributed by atoms with Crippen LogP contribution < -0.4 is 5.32 Å². The predicted molar refractivity (Wildman–Crippen MR) is 60.0 cm³/mol. The number of anilines is 1. The second-order valence-corrected chi connectivity index (χ2v) is 3.62. The summed E-state index contributed by atoms with van der Waals surface area (Å²) in [6.45, 7) is 0.237. The second kappa shape index (κ2) is 4.84. The van der Waals surface area contributed by atoms with Crippen molar-refractivity contribution in [1.82, 2.24) is 10.1 Å². The highest BCUT2D eigenvalue weighted by molar-refractivity contribution is 6.30. The first-order valence-electron chi connectivity index (χ1n) is 4.70. The Hall–Kier alpha value is -2.08. The molecule has 2 rings (SSSR count). The van der Waals surface area contributed by atoms with Gasteiger partial charge in [0.15, 0.2) is 0 Å². The molecule has 17 heavy (non-hydrogen) atoms. The van der Waals surface area contributed by atoms with Crippen LogP contribution in [0, 0.1) is 0 Å². The van der Waals surface area contributed by atoms with Gasteiger partial charge in [-0.3, -0.25) is 0 Å². The zero-order chi connectivity index (χ0) is 12.3. The van der Waals surface area contributed by atoms with Crippen molar-refractivity contribution in [3.05, 3.63) is 41.0 Å². The molecule has 0 amide bonds. The summed E-state index contributed by atoms with van der Waals surface area (Å²) in [4.78, 5) is 14.2. The number of nitrogens with one attached hydrogen (secondary N) is 1. The predicted octanol–water partition coefficient (Wildman–Crippen LogP) is 2.03. The van der Waals surface area contributed by atoms with Gasteiger partial charge in [-0.2, -0.15) is 4.98 Å². The summed E-state index contributed by atoms with van der Waals surface area (Å²) < 4.78 is 4.74. The number of carboxylic acids is 1. The third-order valence-corrected chi connectivity index (χ3v) is 2.16. The van der Waals surface area contributed by atoms with Gasteiger partial charge in [0.05, 0.1) is 6.54 Å². The van der Waals surface area contributed by atoms with Gasteiger partial charge in [-0.15, -0.1) is 0 Å². The van der Waals surface area contributed by atoms with Crippen molar-refractivity contribution in [3.8, 4) is 0 Å². The first-order chi connectivity index (χ1) is 8.15. The minimum absolute atomic E-state index is 0.197. The minimum Gasteiger partial charge on any atom is -0.475 e. The number of rotatable bonds is 4. The SMILES string of the molecule is O=C(O)c1noc(CNc2cccc(Cl)c2)n1. The van der Waals surface area contributed by atoms with Crippen LogP contribution in [-0.2, 0) is 6.54 Å². The molecule has 0 saturated carbocycles. The average Bonchev–Trinajstić information content (AvgIpc) is 2.75. The van der Waals surface area contributed by atoms with Crippen LogP contribution in [0.15, 0.2) is 28.8 Å². The van der Waals surface area contributed by atoms with Crippen LogP contribution in [0.3, 0.4) is 0 Å². The smallest absolute Gasteiger partial charge is 0.377 e. The molecule has 0 aliphatic heterocycles. The highest BCUT2D eigenvalue weighted by Gasteiger charge is 2.12. The third-order valence-electron chi connectivity index (χ3n) is 1.93. The van der Waals surface area contributed by atoms with E-state index in [-0.39, 0.29) is 18.3 Å². The summed E-state index contributed by atoms with van der Waals surface area (Å²) >= 11 is 5.80. The number of hydrogen-bond donors (Lipinski definition) is 2. The van der Waals surface area contributed by atoms with Crippen LogP contribution >= 0.6 is 11.6 Å². The van der Waals surface area contributed by atoms with Crippen molar-refractivity contribution < 1.29 is 14.4 Å². The Morgan fingerprint density at radius 3 is 3.00 bits per heavy atom.